The largest absolute Gasteiger partial charge is 0.342 e. The summed E-state index contributed by atoms with van der Waals surface area (Å²) in [6.07, 6.45) is 2.00. The van der Waals surface area contributed by atoms with Crippen LogP contribution in [0.4, 0.5) is 0 Å². The average Bonchev–Trinajstić information content (AvgIpc) is 3.04. The molecule has 1 saturated heterocycles. The van der Waals surface area contributed by atoms with E-state index in [-0.39, 0.29) is 23.7 Å². The molecule has 0 bridgehead atoms. The highest BCUT2D eigenvalue weighted by Gasteiger charge is 2.34. The van der Waals surface area contributed by atoms with E-state index in [1.807, 2.05) is 18.7 Å². The van der Waals surface area contributed by atoms with Gasteiger partial charge in [-0.25, -0.2) is 8.42 Å². The van der Waals surface area contributed by atoms with Crippen LogP contribution in [-0.4, -0.2) is 56.3 Å². The highest BCUT2D eigenvalue weighted by Crippen LogP contribution is 2.29. The van der Waals surface area contributed by atoms with E-state index in [1.54, 1.807) is 24.3 Å². The molecule has 1 fully saturated rings. The number of aryl methyl sites for hydroxylation is 1. The summed E-state index contributed by atoms with van der Waals surface area (Å²) < 4.78 is 26.4. The molecule has 1 aromatic carbocycles. The van der Waals surface area contributed by atoms with Crippen molar-refractivity contribution >= 4 is 28.3 Å². The second-order valence-electron chi connectivity index (χ2n) is 7.31. The van der Waals surface area contributed by atoms with E-state index >= 15 is 0 Å². The minimum atomic E-state index is -3.43. The Morgan fingerprint density at radius 1 is 1.22 bits per heavy atom. The first-order chi connectivity index (χ1) is 12.3. The van der Waals surface area contributed by atoms with Crippen LogP contribution in [0.15, 0.2) is 29.2 Å². The van der Waals surface area contributed by atoms with Crippen molar-refractivity contribution in [3.8, 4) is 0 Å². The molecule has 1 atom stereocenters. The van der Waals surface area contributed by atoms with Crippen molar-refractivity contribution in [2.75, 3.05) is 32.7 Å². The van der Waals surface area contributed by atoms with Gasteiger partial charge < -0.3 is 10.6 Å². The molecule has 1 aliphatic heterocycles. The number of carbonyl (C=O) groups is 1. The van der Waals surface area contributed by atoms with Crippen molar-refractivity contribution in [2.24, 2.45) is 11.1 Å². The number of nitrogens with zero attached hydrogens (tertiary/aromatic N) is 2. The molecule has 2 rings (SSSR count). The summed E-state index contributed by atoms with van der Waals surface area (Å²) in [5.41, 5.74) is 6.80. The summed E-state index contributed by atoms with van der Waals surface area (Å²) >= 11 is 0. The van der Waals surface area contributed by atoms with Gasteiger partial charge in [0.05, 0.1) is 4.90 Å². The first-order valence-electron chi connectivity index (χ1n) is 9.32. The van der Waals surface area contributed by atoms with Crippen molar-refractivity contribution in [3.63, 3.8) is 0 Å². The predicted molar refractivity (Wildman–Crippen MR) is 110 cm³/mol. The predicted octanol–water partition coefficient (Wildman–Crippen LogP) is 2.27. The van der Waals surface area contributed by atoms with Gasteiger partial charge in [-0.15, -0.1) is 12.4 Å². The quantitative estimate of drug-likeness (QED) is 0.703. The van der Waals surface area contributed by atoms with Gasteiger partial charge in [0.2, 0.25) is 15.9 Å². The lowest BCUT2D eigenvalue weighted by Crippen LogP contribution is -2.34. The van der Waals surface area contributed by atoms with Gasteiger partial charge in [-0.3, -0.25) is 4.79 Å². The van der Waals surface area contributed by atoms with E-state index in [1.165, 1.54) is 4.31 Å². The molecule has 6 nitrogen and oxygen atoms in total. The maximum absolute atomic E-state index is 12.5. The van der Waals surface area contributed by atoms with Crippen LogP contribution in [0.3, 0.4) is 0 Å². The van der Waals surface area contributed by atoms with Crippen LogP contribution in [-0.2, 0) is 21.2 Å². The number of amides is 1. The Balaban J connectivity index is 0.00000364. The Labute approximate surface area is 169 Å². The number of nitrogens with two attached hydrogens (primary N) is 1. The third-order valence-electron chi connectivity index (χ3n) is 5.30. The van der Waals surface area contributed by atoms with E-state index in [2.05, 4.69) is 6.92 Å². The maximum atomic E-state index is 12.5. The molecule has 8 heteroatoms. The summed E-state index contributed by atoms with van der Waals surface area (Å²) in [5, 5.41) is 0. The minimum absolute atomic E-state index is 0. The Hall–Kier alpha value is -1.15. The smallest absolute Gasteiger partial charge is 0.243 e. The minimum Gasteiger partial charge on any atom is -0.342 e. The molecule has 1 unspecified atom stereocenters. The van der Waals surface area contributed by atoms with Gasteiger partial charge >= 0.3 is 0 Å². The first-order valence-corrected chi connectivity index (χ1v) is 10.8. The molecule has 1 amide bonds. The van der Waals surface area contributed by atoms with Crippen LogP contribution in [0, 0.1) is 5.41 Å². The zero-order chi connectivity index (χ0) is 19.4. The third kappa shape index (κ3) is 5.67. The molecule has 0 aromatic heterocycles. The fourth-order valence-electron chi connectivity index (χ4n) is 3.35. The van der Waals surface area contributed by atoms with Crippen molar-refractivity contribution in [1.29, 1.82) is 0 Å². The monoisotopic (exact) mass is 417 g/mol. The van der Waals surface area contributed by atoms with E-state index < -0.39 is 10.0 Å². The van der Waals surface area contributed by atoms with Gasteiger partial charge in [-0.1, -0.05) is 32.9 Å². The number of hydrogen-bond donors (Lipinski definition) is 1. The zero-order valence-corrected chi connectivity index (χ0v) is 18.1. The summed E-state index contributed by atoms with van der Waals surface area (Å²) in [5.74, 6) is 0.141. The number of halogens is 1. The van der Waals surface area contributed by atoms with E-state index in [4.69, 9.17) is 5.73 Å². The van der Waals surface area contributed by atoms with E-state index in [0.717, 1.165) is 25.1 Å². The molecule has 1 aromatic rings. The molecule has 0 radical (unpaired) electrons. The van der Waals surface area contributed by atoms with E-state index in [0.29, 0.717) is 37.4 Å². The van der Waals surface area contributed by atoms with Gasteiger partial charge in [0.25, 0.3) is 0 Å². The Morgan fingerprint density at radius 2 is 1.81 bits per heavy atom. The van der Waals surface area contributed by atoms with Gasteiger partial charge in [0, 0.05) is 32.6 Å². The molecule has 1 aliphatic rings. The fourth-order valence-corrected chi connectivity index (χ4v) is 4.81. The molecule has 154 valence electrons. The van der Waals surface area contributed by atoms with Gasteiger partial charge in [-0.2, -0.15) is 4.31 Å². The number of sulfonamides is 1. The lowest BCUT2D eigenvalue weighted by atomic mass is 9.90. The van der Waals surface area contributed by atoms with Crippen molar-refractivity contribution in [3.05, 3.63) is 29.8 Å². The van der Waals surface area contributed by atoms with Crippen LogP contribution >= 0.6 is 12.4 Å². The maximum Gasteiger partial charge on any atom is 0.243 e. The molecule has 27 heavy (non-hydrogen) atoms. The van der Waals surface area contributed by atoms with Crippen LogP contribution in [0.25, 0.3) is 0 Å². The fraction of sp³-hybridized carbons (Fsp3) is 0.632. The van der Waals surface area contributed by atoms with Crippen molar-refractivity contribution in [2.45, 2.75) is 44.9 Å². The standard InChI is InChI=1S/C19H31N3O3S.ClH/c1-4-22(5-2)26(24,25)17-9-6-16(7-10-17)8-11-18(23)21-13-12-19(3,14-20)15-21;/h6-7,9-10H,4-5,8,11-15,20H2,1-3H3;1H. The lowest BCUT2D eigenvalue weighted by Gasteiger charge is -2.22. The number of benzene rings is 1. The molecule has 1 heterocycles. The number of likely N-dealkylation sites (tertiary alicyclic amines) is 1. The van der Waals surface area contributed by atoms with Crippen LogP contribution in [0.2, 0.25) is 0 Å². The second-order valence-corrected chi connectivity index (χ2v) is 9.25. The van der Waals surface area contributed by atoms with Crippen LogP contribution in [0.1, 0.15) is 39.2 Å². The summed E-state index contributed by atoms with van der Waals surface area (Å²) in [7, 11) is -3.43. The zero-order valence-electron chi connectivity index (χ0n) is 16.5. The van der Waals surface area contributed by atoms with E-state index in [9.17, 15) is 13.2 Å². The van der Waals surface area contributed by atoms with Crippen molar-refractivity contribution in [1.82, 2.24) is 9.21 Å². The number of carbonyl (C=O) groups excluding carboxylic acids is 1. The Bertz CT molecular complexity index is 720. The molecular weight excluding hydrogens is 386 g/mol. The second kappa shape index (κ2) is 9.87. The van der Waals surface area contributed by atoms with Gasteiger partial charge in [0.15, 0.2) is 0 Å². The van der Waals surface area contributed by atoms with Crippen LogP contribution < -0.4 is 5.73 Å². The molecule has 2 N–H and O–H groups in total. The normalized spacial score (nSPS) is 20.0. The van der Waals surface area contributed by atoms with Crippen LogP contribution in [0.5, 0.6) is 0 Å². The summed E-state index contributed by atoms with van der Waals surface area (Å²) in [6, 6.07) is 6.87. The molecule has 0 saturated carbocycles. The van der Waals surface area contributed by atoms with Gasteiger partial charge in [-0.05, 0) is 42.5 Å². The van der Waals surface area contributed by atoms with Gasteiger partial charge in [0.1, 0.15) is 0 Å². The highest BCUT2D eigenvalue weighted by molar-refractivity contribution is 7.89. The summed E-state index contributed by atoms with van der Waals surface area (Å²) in [6.45, 7) is 8.77. The summed E-state index contributed by atoms with van der Waals surface area (Å²) in [4.78, 5) is 14.6. The molecule has 0 spiro atoms. The third-order valence-corrected chi connectivity index (χ3v) is 7.36. The molecule has 0 aliphatic carbocycles. The Kier molecular flexibility index (Phi) is 8.73. The average molecular weight is 418 g/mol. The highest BCUT2D eigenvalue weighted by atomic mass is 35.5. The van der Waals surface area contributed by atoms with Crippen molar-refractivity contribution < 1.29 is 13.2 Å². The topological polar surface area (TPSA) is 83.7 Å². The SMILES string of the molecule is CCN(CC)S(=O)(=O)c1ccc(CCC(=O)N2CCC(C)(CN)C2)cc1.Cl. The Morgan fingerprint density at radius 3 is 2.30 bits per heavy atom. The number of rotatable bonds is 8. The number of hydrogen-bond acceptors (Lipinski definition) is 4. The lowest BCUT2D eigenvalue weighted by molar-refractivity contribution is -0.130. The molecular formula is C19H32ClN3O3S. The first kappa shape index (κ1) is 23.9.